The lowest BCUT2D eigenvalue weighted by atomic mass is 10.1. The normalized spacial score (nSPS) is 15.0. The highest BCUT2D eigenvalue weighted by Crippen LogP contribution is 2.21. The molecule has 1 aliphatic rings. The number of benzene rings is 2. The van der Waals surface area contributed by atoms with E-state index in [-0.39, 0.29) is 18.0 Å². The van der Waals surface area contributed by atoms with Crippen LogP contribution in [0.25, 0.3) is 0 Å². The van der Waals surface area contributed by atoms with Crippen molar-refractivity contribution in [2.45, 2.75) is 32.4 Å². The molecular formula is C20H22ClN3O2. The van der Waals surface area contributed by atoms with E-state index in [1.807, 2.05) is 49.4 Å². The van der Waals surface area contributed by atoms with Crippen LogP contribution in [-0.4, -0.2) is 18.5 Å². The Kier molecular flexibility index (Phi) is 5.78. The number of anilines is 1. The van der Waals surface area contributed by atoms with E-state index in [1.165, 1.54) is 0 Å². The lowest BCUT2D eigenvalue weighted by Crippen LogP contribution is -2.36. The summed E-state index contributed by atoms with van der Waals surface area (Å²) in [5.74, 6) is 0.172. The van der Waals surface area contributed by atoms with E-state index in [0.29, 0.717) is 18.0 Å². The van der Waals surface area contributed by atoms with Gasteiger partial charge in [-0.15, -0.1) is 0 Å². The number of amides is 3. The third-order valence-corrected chi connectivity index (χ3v) is 4.71. The molecule has 1 aliphatic heterocycles. The fourth-order valence-corrected chi connectivity index (χ4v) is 3.20. The molecule has 3 rings (SSSR count). The van der Waals surface area contributed by atoms with Crippen molar-refractivity contribution in [1.29, 1.82) is 0 Å². The molecule has 0 spiro atoms. The summed E-state index contributed by atoms with van der Waals surface area (Å²) < 4.78 is 0. The minimum Gasteiger partial charge on any atom is -0.334 e. The maximum Gasteiger partial charge on any atom is 0.315 e. The van der Waals surface area contributed by atoms with Crippen molar-refractivity contribution < 1.29 is 9.59 Å². The smallest absolute Gasteiger partial charge is 0.315 e. The largest absolute Gasteiger partial charge is 0.334 e. The maximum atomic E-state index is 12.1. The van der Waals surface area contributed by atoms with E-state index in [0.717, 1.165) is 29.8 Å². The minimum atomic E-state index is -0.240. The Hall–Kier alpha value is -2.53. The van der Waals surface area contributed by atoms with Crippen LogP contribution in [0.1, 0.15) is 36.9 Å². The molecule has 0 aromatic heterocycles. The van der Waals surface area contributed by atoms with Crippen molar-refractivity contribution in [2.24, 2.45) is 0 Å². The van der Waals surface area contributed by atoms with Crippen LogP contribution >= 0.6 is 11.6 Å². The van der Waals surface area contributed by atoms with E-state index < -0.39 is 0 Å². The zero-order valence-corrected chi connectivity index (χ0v) is 15.4. The van der Waals surface area contributed by atoms with Crippen LogP contribution in [-0.2, 0) is 11.3 Å². The fourth-order valence-electron chi connectivity index (χ4n) is 3.00. The lowest BCUT2D eigenvalue weighted by molar-refractivity contribution is -0.117. The third kappa shape index (κ3) is 4.55. The molecule has 5 nitrogen and oxygen atoms in total. The van der Waals surface area contributed by atoms with Gasteiger partial charge < -0.3 is 15.5 Å². The second kappa shape index (κ2) is 8.23. The molecule has 2 aromatic rings. The van der Waals surface area contributed by atoms with Crippen LogP contribution in [0.2, 0.25) is 5.02 Å². The Morgan fingerprint density at radius 1 is 1.23 bits per heavy atom. The van der Waals surface area contributed by atoms with Gasteiger partial charge in [0.15, 0.2) is 0 Å². The minimum absolute atomic E-state index is 0.141. The highest BCUT2D eigenvalue weighted by atomic mass is 35.5. The molecule has 1 atom stereocenters. The molecule has 6 heteroatoms. The van der Waals surface area contributed by atoms with Crippen LogP contribution in [0.3, 0.4) is 0 Å². The molecule has 26 heavy (non-hydrogen) atoms. The first-order valence-corrected chi connectivity index (χ1v) is 9.10. The monoisotopic (exact) mass is 371 g/mol. The third-order valence-electron chi connectivity index (χ3n) is 4.47. The number of urea groups is 1. The van der Waals surface area contributed by atoms with Gasteiger partial charge in [0.25, 0.3) is 0 Å². The Morgan fingerprint density at radius 2 is 2.00 bits per heavy atom. The SMILES string of the molecule is C[C@@H](NC(=O)NCc1ccc(N2CCCC2=O)cc1)c1cccc(Cl)c1. The first-order valence-electron chi connectivity index (χ1n) is 8.72. The number of hydrogen-bond donors (Lipinski definition) is 2. The van der Waals surface area contributed by atoms with Gasteiger partial charge in [-0.25, -0.2) is 4.79 Å². The van der Waals surface area contributed by atoms with Gasteiger partial charge >= 0.3 is 6.03 Å². The van der Waals surface area contributed by atoms with Crippen LogP contribution in [0, 0.1) is 0 Å². The number of halogens is 1. The Labute approximate surface area is 158 Å². The van der Waals surface area contributed by atoms with Crippen molar-refractivity contribution in [3.8, 4) is 0 Å². The molecule has 0 radical (unpaired) electrons. The molecule has 1 saturated heterocycles. The van der Waals surface area contributed by atoms with Gasteiger partial charge in [0.1, 0.15) is 0 Å². The quantitative estimate of drug-likeness (QED) is 0.833. The van der Waals surface area contributed by atoms with Gasteiger partial charge in [0.05, 0.1) is 6.04 Å². The number of rotatable bonds is 5. The van der Waals surface area contributed by atoms with E-state index in [1.54, 1.807) is 11.0 Å². The predicted octanol–water partition coefficient (Wildman–Crippen LogP) is 4.03. The summed E-state index contributed by atoms with van der Waals surface area (Å²) in [6.45, 7) is 3.11. The Balaban J connectivity index is 1.50. The number of hydrogen-bond acceptors (Lipinski definition) is 2. The summed E-state index contributed by atoms with van der Waals surface area (Å²) in [6, 6.07) is 14.8. The molecule has 1 heterocycles. The molecule has 0 unspecified atom stereocenters. The van der Waals surface area contributed by atoms with Crippen molar-refractivity contribution in [3.63, 3.8) is 0 Å². The number of carbonyl (C=O) groups is 2. The van der Waals surface area contributed by atoms with Crippen molar-refractivity contribution >= 4 is 29.2 Å². The highest BCUT2D eigenvalue weighted by molar-refractivity contribution is 6.30. The first kappa shape index (κ1) is 18.3. The zero-order valence-electron chi connectivity index (χ0n) is 14.7. The lowest BCUT2D eigenvalue weighted by Gasteiger charge is -2.17. The first-order chi connectivity index (χ1) is 12.5. The average molecular weight is 372 g/mol. The summed E-state index contributed by atoms with van der Waals surface area (Å²) in [7, 11) is 0. The number of nitrogens with one attached hydrogen (secondary N) is 2. The molecule has 2 aromatic carbocycles. The van der Waals surface area contributed by atoms with E-state index in [4.69, 9.17) is 11.6 Å². The van der Waals surface area contributed by atoms with Crippen molar-refractivity contribution in [2.75, 3.05) is 11.4 Å². The van der Waals surface area contributed by atoms with E-state index in [9.17, 15) is 9.59 Å². The van der Waals surface area contributed by atoms with Gasteiger partial charge in [-0.1, -0.05) is 35.9 Å². The average Bonchev–Trinajstić information content (AvgIpc) is 3.06. The number of carbonyl (C=O) groups excluding carboxylic acids is 2. The second-order valence-electron chi connectivity index (χ2n) is 6.42. The van der Waals surface area contributed by atoms with Crippen LogP contribution in [0.5, 0.6) is 0 Å². The Morgan fingerprint density at radius 3 is 2.65 bits per heavy atom. The van der Waals surface area contributed by atoms with Crippen molar-refractivity contribution in [1.82, 2.24) is 10.6 Å². The summed E-state index contributed by atoms with van der Waals surface area (Å²) >= 11 is 5.98. The molecule has 2 N–H and O–H groups in total. The predicted molar refractivity (Wildman–Crippen MR) is 103 cm³/mol. The van der Waals surface area contributed by atoms with Gasteiger partial charge in [-0.2, -0.15) is 0 Å². The standard InChI is InChI=1S/C20H22ClN3O2/c1-14(16-4-2-5-17(21)12-16)23-20(26)22-13-15-7-9-18(10-8-15)24-11-3-6-19(24)25/h2,4-5,7-10,12,14H,3,6,11,13H2,1H3,(H2,22,23,26)/t14-/m1/s1. The molecule has 0 bridgehead atoms. The van der Waals surface area contributed by atoms with Gasteiger partial charge in [-0.05, 0) is 48.7 Å². The van der Waals surface area contributed by atoms with Gasteiger partial charge in [0, 0.05) is 30.2 Å². The van der Waals surface area contributed by atoms with Crippen LogP contribution in [0.4, 0.5) is 10.5 Å². The Bertz CT molecular complexity index is 792. The van der Waals surface area contributed by atoms with Crippen LogP contribution < -0.4 is 15.5 Å². The van der Waals surface area contributed by atoms with Crippen LogP contribution in [0.15, 0.2) is 48.5 Å². The molecule has 0 saturated carbocycles. The van der Waals surface area contributed by atoms with Crippen molar-refractivity contribution in [3.05, 3.63) is 64.7 Å². The summed E-state index contributed by atoms with van der Waals surface area (Å²) in [4.78, 5) is 25.7. The summed E-state index contributed by atoms with van der Waals surface area (Å²) in [5, 5.41) is 6.39. The molecule has 3 amide bonds. The molecule has 1 fully saturated rings. The summed E-state index contributed by atoms with van der Waals surface area (Å²) in [5.41, 5.74) is 2.84. The topological polar surface area (TPSA) is 61.4 Å². The number of nitrogens with zero attached hydrogens (tertiary/aromatic N) is 1. The zero-order chi connectivity index (χ0) is 18.5. The molecule has 0 aliphatic carbocycles. The van der Waals surface area contributed by atoms with Gasteiger partial charge in [0.2, 0.25) is 5.91 Å². The maximum absolute atomic E-state index is 12.1. The molecule has 136 valence electrons. The fraction of sp³-hybridized carbons (Fsp3) is 0.300. The van der Waals surface area contributed by atoms with E-state index >= 15 is 0 Å². The van der Waals surface area contributed by atoms with E-state index in [2.05, 4.69) is 10.6 Å². The molecular weight excluding hydrogens is 350 g/mol. The van der Waals surface area contributed by atoms with Gasteiger partial charge in [-0.3, -0.25) is 4.79 Å². The summed E-state index contributed by atoms with van der Waals surface area (Å²) in [6.07, 6.45) is 1.53. The second-order valence-corrected chi connectivity index (χ2v) is 6.86. The highest BCUT2D eigenvalue weighted by Gasteiger charge is 2.21.